The molecule has 0 bridgehead atoms. The molecule has 0 amide bonds. The number of hydrogen-bond donors (Lipinski definition) is 0. The molecule has 0 unspecified atom stereocenters. The monoisotopic (exact) mass is 313 g/mol. The molecule has 0 fully saturated rings. The molecular formula is C11H11N3O8. The zero-order chi connectivity index (χ0) is 16.9. The summed E-state index contributed by atoms with van der Waals surface area (Å²) < 4.78 is 4.76. The van der Waals surface area contributed by atoms with E-state index in [1.54, 1.807) is 0 Å². The number of esters is 1. The Hall–Kier alpha value is -3.11. The van der Waals surface area contributed by atoms with Crippen LogP contribution in [0.15, 0.2) is 12.1 Å². The molecule has 11 heteroatoms. The van der Waals surface area contributed by atoms with Gasteiger partial charge in [-0.25, -0.2) is 4.79 Å². The molecule has 0 atom stereocenters. The number of nitrogens with zero attached hydrogens (tertiary/aromatic N) is 3. The first-order valence-corrected chi connectivity index (χ1v) is 6.08. The summed E-state index contributed by atoms with van der Waals surface area (Å²) in [4.78, 5) is 40.9. The second-order valence-corrected chi connectivity index (χ2v) is 4.09. The third-order valence-corrected chi connectivity index (χ3v) is 2.64. The Morgan fingerprint density at radius 3 is 2.09 bits per heavy atom. The summed E-state index contributed by atoms with van der Waals surface area (Å²) in [5, 5.41) is 32.7. The van der Waals surface area contributed by atoms with Gasteiger partial charge in [0.25, 0.3) is 0 Å². The fraction of sp³-hybridized carbons (Fsp3) is 0.364. The number of hydrogen-bond acceptors (Lipinski definition) is 8. The van der Waals surface area contributed by atoms with Gasteiger partial charge in [0.05, 0.1) is 21.4 Å². The lowest BCUT2D eigenvalue weighted by atomic mass is 10.1. The topological polar surface area (TPSA) is 156 Å². The van der Waals surface area contributed by atoms with E-state index in [1.165, 1.54) is 0 Å². The lowest BCUT2D eigenvalue weighted by Crippen LogP contribution is -2.11. The number of benzene rings is 1. The van der Waals surface area contributed by atoms with Crippen molar-refractivity contribution in [2.24, 2.45) is 0 Å². The first kappa shape index (κ1) is 16.9. The minimum atomic E-state index is -1.35. The highest BCUT2D eigenvalue weighted by molar-refractivity contribution is 5.97. The standard InChI is InChI=1S/C11H11N3O8/c1-2-3-6-22-11(15)7-4-5-8(12(16)17)10(14(20)21)9(7)13(18)19/h4-5H,2-3,6H2,1H3. The molecule has 0 saturated heterocycles. The largest absolute Gasteiger partial charge is 0.462 e. The number of rotatable bonds is 7. The fourth-order valence-electron chi connectivity index (χ4n) is 1.63. The lowest BCUT2D eigenvalue weighted by molar-refractivity contribution is -0.441. The maximum Gasteiger partial charge on any atom is 0.423 e. The SMILES string of the molecule is CCCCOC(=O)c1ccc([N+](=O)[O-])c([N+](=O)[O-])c1[N+](=O)[O-]. The summed E-state index contributed by atoms with van der Waals surface area (Å²) in [6.45, 7) is 1.81. The Balaban J connectivity index is 3.44. The van der Waals surface area contributed by atoms with Gasteiger partial charge in [0.15, 0.2) is 0 Å². The smallest absolute Gasteiger partial charge is 0.423 e. The highest BCUT2D eigenvalue weighted by Crippen LogP contribution is 2.39. The Labute approximate surface area is 122 Å². The first-order chi connectivity index (χ1) is 10.3. The van der Waals surface area contributed by atoms with Gasteiger partial charge in [0.2, 0.25) is 0 Å². The molecular weight excluding hydrogens is 302 g/mol. The van der Waals surface area contributed by atoms with Gasteiger partial charge < -0.3 is 4.74 Å². The van der Waals surface area contributed by atoms with Crippen LogP contribution >= 0.6 is 0 Å². The molecule has 0 N–H and O–H groups in total. The molecule has 0 aromatic heterocycles. The first-order valence-electron chi connectivity index (χ1n) is 6.08. The Bertz CT molecular complexity index is 642. The molecule has 0 spiro atoms. The summed E-state index contributed by atoms with van der Waals surface area (Å²) in [5.74, 6) is -1.14. The van der Waals surface area contributed by atoms with E-state index >= 15 is 0 Å². The Kier molecular flexibility index (Phi) is 5.44. The van der Waals surface area contributed by atoms with Crippen molar-refractivity contribution in [3.63, 3.8) is 0 Å². The van der Waals surface area contributed by atoms with Crippen LogP contribution in [0.25, 0.3) is 0 Å². The zero-order valence-corrected chi connectivity index (χ0v) is 11.4. The number of carbonyl (C=O) groups is 1. The van der Waals surface area contributed by atoms with Crippen molar-refractivity contribution in [1.82, 2.24) is 0 Å². The van der Waals surface area contributed by atoms with Crippen LogP contribution in [0.5, 0.6) is 0 Å². The molecule has 0 heterocycles. The molecule has 1 aromatic rings. The van der Waals surface area contributed by atoms with Crippen LogP contribution in [0.3, 0.4) is 0 Å². The summed E-state index contributed by atoms with van der Waals surface area (Å²) >= 11 is 0. The van der Waals surface area contributed by atoms with Crippen LogP contribution in [0.1, 0.15) is 30.1 Å². The van der Waals surface area contributed by atoms with Gasteiger partial charge in [-0.3, -0.25) is 30.3 Å². The Morgan fingerprint density at radius 2 is 1.64 bits per heavy atom. The van der Waals surface area contributed by atoms with Crippen molar-refractivity contribution in [2.75, 3.05) is 6.61 Å². The number of ether oxygens (including phenoxy) is 1. The maximum absolute atomic E-state index is 11.8. The fourth-order valence-corrected chi connectivity index (χ4v) is 1.63. The molecule has 11 nitrogen and oxygen atoms in total. The van der Waals surface area contributed by atoms with E-state index in [-0.39, 0.29) is 6.61 Å². The van der Waals surface area contributed by atoms with Gasteiger partial charge in [0.1, 0.15) is 5.56 Å². The lowest BCUT2D eigenvalue weighted by Gasteiger charge is -2.05. The molecule has 0 aliphatic rings. The molecule has 22 heavy (non-hydrogen) atoms. The molecule has 0 aliphatic carbocycles. The molecule has 0 saturated carbocycles. The van der Waals surface area contributed by atoms with E-state index in [1.807, 2.05) is 6.92 Å². The molecule has 1 rings (SSSR count). The van der Waals surface area contributed by atoms with Crippen molar-refractivity contribution >= 4 is 23.0 Å². The predicted molar refractivity (Wildman–Crippen MR) is 71.6 cm³/mol. The van der Waals surface area contributed by atoms with Crippen LogP contribution in [-0.4, -0.2) is 27.3 Å². The van der Waals surface area contributed by atoms with Crippen molar-refractivity contribution in [3.8, 4) is 0 Å². The predicted octanol–water partition coefficient (Wildman–Crippen LogP) is 2.37. The van der Waals surface area contributed by atoms with E-state index in [2.05, 4.69) is 0 Å². The summed E-state index contributed by atoms with van der Waals surface area (Å²) in [7, 11) is 0. The summed E-state index contributed by atoms with van der Waals surface area (Å²) in [5.41, 5.74) is -4.36. The Morgan fingerprint density at radius 1 is 1.05 bits per heavy atom. The third kappa shape index (κ3) is 3.50. The zero-order valence-electron chi connectivity index (χ0n) is 11.4. The minimum absolute atomic E-state index is 0.0166. The van der Waals surface area contributed by atoms with Gasteiger partial charge in [0, 0.05) is 6.07 Å². The van der Waals surface area contributed by atoms with Crippen molar-refractivity contribution < 1.29 is 24.3 Å². The molecule has 1 aromatic carbocycles. The maximum atomic E-state index is 11.8. The van der Waals surface area contributed by atoms with Crippen LogP contribution in [0.4, 0.5) is 17.1 Å². The number of nitro groups is 3. The van der Waals surface area contributed by atoms with Crippen LogP contribution in [0, 0.1) is 30.3 Å². The number of unbranched alkanes of at least 4 members (excludes halogenated alkanes) is 1. The summed E-state index contributed by atoms with van der Waals surface area (Å²) in [6, 6.07) is 1.44. The summed E-state index contributed by atoms with van der Waals surface area (Å²) in [6.07, 6.45) is 1.21. The van der Waals surface area contributed by atoms with Gasteiger partial charge in [-0.1, -0.05) is 13.3 Å². The average Bonchev–Trinajstić information content (AvgIpc) is 2.45. The highest BCUT2D eigenvalue weighted by Gasteiger charge is 2.41. The van der Waals surface area contributed by atoms with E-state index < -0.39 is 43.4 Å². The van der Waals surface area contributed by atoms with Crippen molar-refractivity contribution in [3.05, 3.63) is 48.0 Å². The van der Waals surface area contributed by atoms with Gasteiger partial charge in [-0.2, -0.15) is 0 Å². The average molecular weight is 313 g/mol. The normalized spacial score (nSPS) is 10.0. The minimum Gasteiger partial charge on any atom is -0.462 e. The second kappa shape index (κ2) is 7.06. The van der Waals surface area contributed by atoms with Crippen LogP contribution < -0.4 is 0 Å². The van der Waals surface area contributed by atoms with Crippen LogP contribution in [0.2, 0.25) is 0 Å². The number of carbonyl (C=O) groups excluding carboxylic acids is 1. The second-order valence-electron chi connectivity index (χ2n) is 4.09. The van der Waals surface area contributed by atoms with E-state index in [9.17, 15) is 35.1 Å². The van der Waals surface area contributed by atoms with E-state index in [0.717, 1.165) is 6.07 Å². The third-order valence-electron chi connectivity index (χ3n) is 2.64. The van der Waals surface area contributed by atoms with Crippen molar-refractivity contribution in [2.45, 2.75) is 19.8 Å². The van der Waals surface area contributed by atoms with Crippen molar-refractivity contribution in [1.29, 1.82) is 0 Å². The molecule has 0 radical (unpaired) electrons. The van der Waals surface area contributed by atoms with Gasteiger partial charge in [-0.05, 0) is 12.5 Å². The van der Waals surface area contributed by atoms with Crippen LogP contribution in [-0.2, 0) is 4.74 Å². The van der Waals surface area contributed by atoms with E-state index in [4.69, 9.17) is 4.74 Å². The quantitative estimate of drug-likeness (QED) is 0.321. The highest BCUT2D eigenvalue weighted by atomic mass is 16.6. The van der Waals surface area contributed by atoms with Gasteiger partial charge in [-0.15, -0.1) is 0 Å². The van der Waals surface area contributed by atoms with E-state index in [0.29, 0.717) is 18.9 Å². The van der Waals surface area contributed by atoms with Gasteiger partial charge >= 0.3 is 23.0 Å². The molecule has 0 aliphatic heterocycles. The molecule has 118 valence electrons. The number of nitro benzene ring substituents is 3.